The molecule has 0 saturated heterocycles. The molecule has 1 radical (unpaired) electrons. The van der Waals surface area contributed by atoms with Gasteiger partial charge < -0.3 is 0 Å². The van der Waals surface area contributed by atoms with E-state index in [1.54, 1.807) is 12.1 Å². The van der Waals surface area contributed by atoms with Crippen LogP contribution < -0.4 is 5.14 Å². The molecule has 2 rings (SSSR count). The minimum absolute atomic E-state index is 0.0289. The Morgan fingerprint density at radius 1 is 1.00 bits per heavy atom. The van der Waals surface area contributed by atoms with Crippen molar-refractivity contribution in [2.75, 3.05) is 0 Å². The number of hydrogen-bond donors (Lipinski definition) is 1. The van der Waals surface area contributed by atoms with Gasteiger partial charge in [-0.25, -0.2) is 13.6 Å². The monoisotopic (exact) mass is 232 g/mol. The maximum Gasteiger partial charge on any atom is 0.239 e. The maximum absolute atomic E-state index is 11.4. The summed E-state index contributed by atoms with van der Waals surface area (Å²) in [6.45, 7) is 0. The maximum atomic E-state index is 11.4. The van der Waals surface area contributed by atoms with E-state index in [9.17, 15) is 8.42 Å². The lowest BCUT2D eigenvalue weighted by atomic mass is 10.1. The molecule has 81 valence electrons. The molecule has 0 aliphatic carbocycles. The molecule has 2 N–H and O–H groups in total. The largest absolute Gasteiger partial charge is 0.239 e. The molecule has 2 aromatic carbocycles. The number of nitrogens with two attached hydrogens (primary N) is 1. The molecule has 0 bridgehead atoms. The molecule has 16 heavy (non-hydrogen) atoms. The topological polar surface area (TPSA) is 60.2 Å². The average Bonchev–Trinajstić information content (AvgIpc) is 2.29. The zero-order valence-corrected chi connectivity index (χ0v) is 9.24. The lowest BCUT2D eigenvalue weighted by molar-refractivity contribution is 0.598. The molecule has 0 spiro atoms. The van der Waals surface area contributed by atoms with E-state index >= 15 is 0 Å². The van der Waals surface area contributed by atoms with Gasteiger partial charge in [-0.1, -0.05) is 48.5 Å². The van der Waals surface area contributed by atoms with Crippen LogP contribution in [-0.4, -0.2) is 8.42 Å². The Kier molecular flexibility index (Phi) is 2.77. The summed E-state index contributed by atoms with van der Waals surface area (Å²) >= 11 is 0. The molecule has 3 nitrogen and oxygen atoms in total. The minimum Gasteiger partial charge on any atom is -0.225 e. The number of benzene rings is 2. The molecule has 0 heterocycles. The van der Waals surface area contributed by atoms with Crippen LogP contribution >= 0.6 is 0 Å². The fourth-order valence-corrected chi connectivity index (χ4v) is 2.23. The van der Waals surface area contributed by atoms with E-state index in [0.29, 0.717) is 5.56 Å². The van der Waals surface area contributed by atoms with Crippen LogP contribution in [0.5, 0.6) is 0 Å². The molecule has 0 aromatic heterocycles. The number of rotatable bonds is 2. The Bertz CT molecular complexity index is 591. The van der Waals surface area contributed by atoms with Crippen LogP contribution in [0.4, 0.5) is 0 Å². The van der Waals surface area contributed by atoms with Crippen LogP contribution in [0.2, 0.25) is 0 Å². The Morgan fingerprint density at radius 3 is 2.31 bits per heavy atom. The average molecular weight is 232 g/mol. The molecule has 0 fully saturated rings. The summed E-state index contributed by atoms with van der Waals surface area (Å²) in [5.74, 6) is 0. The lowest BCUT2D eigenvalue weighted by Gasteiger charge is -2.06. The molecule has 0 aliphatic heterocycles. The SMILES string of the molecule is NS(=O)(=O)c1[c]cccc1-c1ccccc1. The van der Waals surface area contributed by atoms with Gasteiger partial charge in [0.2, 0.25) is 10.0 Å². The van der Waals surface area contributed by atoms with Gasteiger partial charge in [-0.15, -0.1) is 0 Å². The van der Waals surface area contributed by atoms with Crippen molar-refractivity contribution in [3.05, 3.63) is 54.6 Å². The number of hydrogen-bond acceptors (Lipinski definition) is 2. The van der Waals surface area contributed by atoms with Gasteiger partial charge in [-0.3, -0.25) is 0 Å². The van der Waals surface area contributed by atoms with Crippen LogP contribution in [-0.2, 0) is 10.0 Å². The molecule has 0 unspecified atom stereocenters. The highest BCUT2D eigenvalue weighted by atomic mass is 32.2. The summed E-state index contributed by atoms with van der Waals surface area (Å²) in [5, 5.41) is 5.14. The summed E-state index contributed by atoms with van der Waals surface area (Å²) in [6, 6.07) is 16.9. The highest BCUT2D eigenvalue weighted by Gasteiger charge is 2.14. The Hall–Kier alpha value is -1.65. The van der Waals surface area contributed by atoms with Crippen LogP contribution in [0.25, 0.3) is 11.1 Å². The van der Waals surface area contributed by atoms with Gasteiger partial charge >= 0.3 is 0 Å². The summed E-state index contributed by atoms with van der Waals surface area (Å²) < 4.78 is 22.7. The van der Waals surface area contributed by atoms with Crippen molar-refractivity contribution >= 4 is 10.0 Å². The smallest absolute Gasteiger partial charge is 0.225 e. The second-order valence-corrected chi connectivity index (χ2v) is 4.82. The van der Waals surface area contributed by atoms with Crippen molar-refractivity contribution in [3.63, 3.8) is 0 Å². The number of primary sulfonamides is 1. The quantitative estimate of drug-likeness (QED) is 0.858. The molecule has 0 aliphatic rings. The van der Waals surface area contributed by atoms with Gasteiger partial charge in [0, 0.05) is 11.6 Å². The summed E-state index contributed by atoms with van der Waals surface area (Å²) in [5.41, 5.74) is 1.38. The first-order chi connectivity index (χ1) is 7.59. The Balaban J connectivity index is 2.68. The zero-order chi connectivity index (χ0) is 11.6. The fourth-order valence-electron chi connectivity index (χ4n) is 1.50. The first-order valence-electron chi connectivity index (χ1n) is 4.68. The van der Waals surface area contributed by atoms with Crippen LogP contribution in [0.1, 0.15) is 0 Å². The highest BCUT2D eigenvalue weighted by Crippen LogP contribution is 2.25. The molecule has 0 amide bonds. The number of sulfonamides is 1. The van der Waals surface area contributed by atoms with Gasteiger partial charge in [-0.2, -0.15) is 0 Å². The van der Waals surface area contributed by atoms with Crippen molar-refractivity contribution in [1.29, 1.82) is 0 Å². The van der Waals surface area contributed by atoms with Crippen LogP contribution in [0, 0.1) is 6.07 Å². The Labute approximate surface area is 94.6 Å². The van der Waals surface area contributed by atoms with Gasteiger partial charge in [-0.05, 0) is 5.56 Å². The third kappa shape index (κ3) is 2.13. The van der Waals surface area contributed by atoms with E-state index in [2.05, 4.69) is 6.07 Å². The summed E-state index contributed by atoms with van der Waals surface area (Å²) in [7, 11) is -3.74. The summed E-state index contributed by atoms with van der Waals surface area (Å²) in [4.78, 5) is 0.0289. The summed E-state index contributed by atoms with van der Waals surface area (Å²) in [6.07, 6.45) is 0. The van der Waals surface area contributed by atoms with Gasteiger partial charge in [0.05, 0.1) is 4.90 Å². The van der Waals surface area contributed by atoms with Crippen molar-refractivity contribution < 1.29 is 8.42 Å². The predicted molar refractivity (Wildman–Crippen MR) is 62.1 cm³/mol. The van der Waals surface area contributed by atoms with E-state index in [4.69, 9.17) is 5.14 Å². The standard InChI is InChI=1S/C12H10NO2S/c13-16(14,15)12-9-5-4-8-11(12)10-6-2-1-3-7-10/h1-8H,(H2,13,14,15). The van der Waals surface area contributed by atoms with Crippen molar-refractivity contribution in [2.45, 2.75) is 4.90 Å². The first-order valence-corrected chi connectivity index (χ1v) is 6.22. The van der Waals surface area contributed by atoms with Crippen molar-refractivity contribution in [3.8, 4) is 11.1 Å². The molecular formula is C12H10NO2S. The van der Waals surface area contributed by atoms with E-state index in [1.165, 1.54) is 6.07 Å². The third-order valence-corrected chi connectivity index (χ3v) is 3.09. The lowest BCUT2D eigenvalue weighted by Crippen LogP contribution is -2.13. The van der Waals surface area contributed by atoms with E-state index in [1.807, 2.05) is 30.3 Å². The first kappa shape index (κ1) is 10.9. The van der Waals surface area contributed by atoms with Crippen LogP contribution in [0.3, 0.4) is 0 Å². The highest BCUT2D eigenvalue weighted by molar-refractivity contribution is 7.89. The molecule has 0 atom stereocenters. The predicted octanol–water partition coefficient (Wildman–Crippen LogP) is 1.80. The molecule has 0 saturated carbocycles. The molecule has 4 heteroatoms. The van der Waals surface area contributed by atoms with E-state index in [0.717, 1.165) is 5.56 Å². The van der Waals surface area contributed by atoms with E-state index < -0.39 is 10.0 Å². The minimum atomic E-state index is -3.74. The molecule has 2 aromatic rings. The zero-order valence-electron chi connectivity index (χ0n) is 8.42. The third-order valence-electron chi connectivity index (χ3n) is 2.19. The second kappa shape index (κ2) is 4.08. The fraction of sp³-hybridized carbons (Fsp3) is 0. The van der Waals surface area contributed by atoms with Crippen molar-refractivity contribution in [2.24, 2.45) is 5.14 Å². The second-order valence-electron chi connectivity index (χ2n) is 3.32. The van der Waals surface area contributed by atoms with Crippen molar-refractivity contribution in [1.82, 2.24) is 0 Å². The van der Waals surface area contributed by atoms with Gasteiger partial charge in [0.1, 0.15) is 0 Å². The van der Waals surface area contributed by atoms with Gasteiger partial charge in [0.15, 0.2) is 0 Å². The Morgan fingerprint density at radius 2 is 1.69 bits per heavy atom. The van der Waals surface area contributed by atoms with Gasteiger partial charge in [0.25, 0.3) is 0 Å². The normalized spacial score (nSPS) is 11.3. The van der Waals surface area contributed by atoms with Crippen LogP contribution in [0.15, 0.2) is 53.4 Å². The molecular weight excluding hydrogens is 222 g/mol. The van der Waals surface area contributed by atoms with E-state index in [-0.39, 0.29) is 4.90 Å².